The third-order valence-electron chi connectivity index (χ3n) is 2.21. The van der Waals surface area contributed by atoms with E-state index in [4.69, 9.17) is 0 Å². The van der Waals surface area contributed by atoms with Crippen LogP contribution in [0.5, 0.6) is 0 Å². The van der Waals surface area contributed by atoms with Crippen molar-refractivity contribution in [2.45, 2.75) is 32.8 Å². The Kier molecular flexibility index (Phi) is 3.69. The van der Waals surface area contributed by atoms with Crippen molar-refractivity contribution in [3.8, 4) is 0 Å². The number of hydrogen-bond acceptors (Lipinski definition) is 3. The van der Waals surface area contributed by atoms with Gasteiger partial charge in [-0.05, 0) is 20.3 Å². The molecule has 4 heteroatoms. The van der Waals surface area contributed by atoms with Gasteiger partial charge in [0.2, 0.25) is 5.91 Å². The first kappa shape index (κ1) is 10.5. The summed E-state index contributed by atoms with van der Waals surface area (Å²) < 4.78 is 0. The summed E-state index contributed by atoms with van der Waals surface area (Å²) in [6.45, 7) is 5.83. The molecule has 0 aromatic rings. The van der Waals surface area contributed by atoms with Gasteiger partial charge in [0.15, 0.2) is 0 Å². The zero-order chi connectivity index (χ0) is 9.84. The average molecular weight is 186 g/mol. The van der Waals surface area contributed by atoms with Crippen molar-refractivity contribution < 1.29 is 9.90 Å². The van der Waals surface area contributed by atoms with Gasteiger partial charge in [-0.2, -0.15) is 0 Å². The first-order valence-electron chi connectivity index (χ1n) is 4.88. The summed E-state index contributed by atoms with van der Waals surface area (Å²) in [5.41, 5.74) is 0. The van der Waals surface area contributed by atoms with Crippen molar-refractivity contribution in [3.63, 3.8) is 0 Å². The van der Waals surface area contributed by atoms with Crippen molar-refractivity contribution in [1.82, 2.24) is 10.0 Å². The van der Waals surface area contributed by atoms with Gasteiger partial charge >= 0.3 is 0 Å². The fraction of sp³-hybridized carbons (Fsp3) is 0.889. The molecule has 0 bridgehead atoms. The first-order valence-corrected chi connectivity index (χ1v) is 4.88. The minimum atomic E-state index is -0.375. The summed E-state index contributed by atoms with van der Waals surface area (Å²) in [6.07, 6.45) is 1.17. The highest BCUT2D eigenvalue weighted by molar-refractivity contribution is 5.76. The van der Waals surface area contributed by atoms with Crippen molar-refractivity contribution >= 4 is 5.91 Å². The topological polar surface area (TPSA) is 43.8 Å². The molecule has 1 heterocycles. The molecule has 0 spiro atoms. The van der Waals surface area contributed by atoms with Gasteiger partial charge in [0.1, 0.15) is 0 Å². The number of aliphatic hydroxyl groups excluding tert-OH is 1. The van der Waals surface area contributed by atoms with Crippen LogP contribution in [0.15, 0.2) is 0 Å². The van der Waals surface area contributed by atoms with Crippen molar-refractivity contribution in [3.05, 3.63) is 0 Å². The van der Waals surface area contributed by atoms with Crippen LogP contribution >= 0.6 is 0 Å². The second-order valence-electron chi connectivity index (χ2n) is 3.47. The van der Waals surface area contributed by atoms with E-state index in [0.29, 0.717) is 19.5 Å². The van der Waals surface area contributed by atoms with Gasteiger partial charge in [-0.3, -0.25) is 9.80 Å². The van der Waals surface area contributed by atoms with Crippen LogP contribution in [0.3, 0.4) is 0 Å². The fourth-order valence-electron chi connectivity index (χ4n) is 1.69. The molecule has 1 amide bonds. The van der Waals surface area contributed by atoms with E-state index in [1.54, 1.807) is 11.9 Å². The normalized spacial score (nSPS) is 22.1. The molecule has 76 valence electrons. The number of rotatable bonds is 3. The molecule has 1 saturated heterocycles. The van der Waals surface area contributed by atoms with Gasteiger partial charge in [-0.15, -0.1) is 0 Å². The summed E-state index contributed by atoms with van der Waals surface area (Å²) >= 11 is 0. The van der Waals surface area contributed by atoms with E-state index < -0.39 is 0 Å². The monoisotopic (exact) mass is 186 g/mol. The Bertz CT molecular complexity index is 182. The van der Waals surface area contributed by atoms with Crippen LogP contribution < -0.4 is 0 Å². The second kappa shape index (κ2) is 4.58. The third kappa shape index (κ3) is 2.67. The molecule has 4 nitrogen and oxygen atoms in total. The van der Waals surface area contributed by atoms with Gasteiger partial charge in [-0.1, -0.05) is 0 Å². The molecule has 1 rings (SSSR count). The number of aliphatic hydroxyl groups is 1. The Hall–Kier alpha value is -0.610. The number of carbonyl (C=O) groups excluding carboxylic acids is 1. The minimum Gasteiger partial charge on any atom is -0.392 e. The molecule has 1 aliphatic heterocycles. The lowest BCUT2D eigenvalue weighted by Crippen LogP contribution is -2.52. The summed E-state index contributed by atoms with van der Waals surface area (Å²) in [5.74, 6) is 0.175. The number of carbonyl (C=O) groups is 1. The molecule has 0 aromatic heterocycles. The Labute approximate surface area is 79.1 Å². The number of β-amino-alcohol motifs (C(OH)–C–C–N with tert-alkyl or cyclic N) is 1. The van der Waals surface area contributed by atoms with Crippen LogP contribution in [-0.4, -0.2) is 46.8 Å². The molecule has 0 aromatic carbocycles. The lowest BCUT2D eigenvalue weighted by Gasteiger charge is -2.38. The van der Waals surface area contributed by atoms with Gasteiger partial charge in [-0.25, -0.2) is 5.01 Å². The lowest BCUT2D eigenvalue weighted by molar-refractivity contribution is -0.157. The summed E-state index contributed by atoms with van der Waals surface area (Å²) in [4.78, 5) is 11.4. The van der Waals surface area contributed by atoms with E-state index in [2.05, 4.69) is 0 Å². The maximum atomic E-state index is 11.4. The largest absolute Gasteiger partial charge is 0.392 e. The molecule has 1 unspecified atom stereocenters. The number of nitrogens with zero attached hydrogens (tertiary/aromatic N) is 2. The zero-order valence-corrected chi connectivity index (χ0v) is 8.36. The van der Waals surface area contributed by atoms with Gasteiger partial charge in [0.25, 0.3) is 0 Å². The van der Waals surface area contributed by atoms with Gasteiger partial charge in [0, 0.05) is 26.1 Å². The SMILES string of the molecule is CCN1C(=O)CCCN1CC(C)O. The standard InChI is InChI=1S/C9H18N2O2/c1-3-11-9(13)5-4-6-10(11)7-8(2)12/h8,12H,3-7H2,1-2H3. The number of hydrazine groups is 1. The van der Waals surface area contributed by atoms with E-state index in [9.17, 15) is 9.90 Å². The maximum absolute atomic E-state index is 11.4. The van der Waals surface area contributed by atoms with Gasteiger partial charge in [0.05, 0.1) is 6.10 Å². The fourth-order valence-corrected chi connectivity index (χ4v) is 1.69. The highest BCUT2D eigenvalue weighted by Crippen LogP contribution is 2.12. The quantitative estimate of drug-likeness (QED) is 0.686. The Morgan fingerprint density at radius 3 is 2.85 bits per heavy atom. The molecule has 0 saturated carbocycles. The second-order valence-corrected chi connectivity index (χ2v) is 3.47. The molecule has 0 radical (unpaired) electrons. The predicted octanol–water partition coefficient (Wildman–Crippen LogP) is 0.226. The van der Waals surface area contributed by atoms with E-state index in [1.807, 2.05) is 11.9 Å². The van der Waals surface area contributed by atoms with Crippen molar-refractivity contribution in [1.29, 1.82) is 0 Å². The van der Waals surface area contributed by atoms with Crippen molar-refractivity contribution in [2.75, 3.05) is 19.6 Å². The van der Waals surface area contributed by atoms with Gasteiger partial charge < -0.3 is 5.11 Å². The highest BCUT2D eigenvalue weighted by atomic mass is 16.3. The minimum absolute atomic E-state index is 0.175. The Morgan fingerprint density at radius 1 is 1.62 bits per heavy atom. The van der Waals surface area contributed by atoms with Crippen molar-refractivity contribution in [2.24, 2.45) is 0 Å². The van der Waals surface area contributed by atoms with Crippen LogP contribution in [0.2, 0.25) is 0 Å². The Balaban J connectivity index is 2.54. The molecule has 1 atom stereocenters. The van der Waals surface area contributed by atoms with Crippen LogP contribution in [-0.2, 0) is 4.79 Å². The van der Waals surface area contributed by atoms with E-state index in [0.717, 1.165) is 13.0 Å². The summed E-state index contributed by atoms with van der Waals surface area (Å²) in [7, 11) is 0. The smallest absolute Gasteiger partial charge is 0.236 e. The van der Waals surface area contributed by atoms with Crippen LogP contribution in [0.1, 0.15) is 26.7 Å². The highest BCUT2D eigenvalue weighted by Gasteiger charge is 2.24. The van der Waals surface area contributed by atoms with Crippen LogP contribution in [0.25, 0.3) is 0 Å². The first-order chi connectivity index (χ1) is 6.15. The van der Waals surface area contributed by atoms with E-state index in [1.165, 1.54) is 0 Å². The Morgan fingerprint density at radius 2 is 2.31 bits per heavy atom. The molecule has 13 heavy (non-hydrogen) atoms. The summed E-state index contributed by atoms with van der Waals surface area (Å²) in [6, 6.07) is 0. The predicted molar refractivity (Wildman–Crippen MR) is 49.9 cm³/mol. The molecule has 1 N–H and O–H groups in total. The third-order valence-corrected chi connectivity index (χ3v) is 2.21. The molecule has 0 aliphatic carbocycles. The van der Waals surface area contributed by atoms with Crippen LogP contribution in [0, 0.1) is 0 Å². The van der Waals surface area contributed by atoms with Crippen LogP contribution in [0.4, 0.5) is 0 Å². The molecule has 1 fully saturated rings. The molecular formula is C9H18N2O2. The average Bonchev–Trinajstić information content (AvgIpc) is 2.03. The van der Waals surface area contributed by atoms with E-state index in [-0.39, 0.29) is 12.0 Å². The maximum Gasteiger partial charge on any atom is 0.236 e. The van der Waals surface area contributed by atoms with E-state index >= 15 is 0 Å². The molecular weight excluding hydrogens is 168 g/mol. The number of hydrogen-bond donors (Lipinski definition) is 1. The summed E-state index contributed by atoms with van der Waals surface area (Å²) in [5, 5.41) is 12.9. The lowest BCUT2D eigenvalue weighted by atomic mass is 10.2. The zero-order valence-electron chi connectivity index (χ0n) is 8.36. The number of amides is 1. The molecule has 1 aliphatic rings.